The molecule has 1 saturated carbocycles. The molecule has 2 fully saturated rings. The van der Waals surface area contributed by atoms with Crippen LogP contribution < -0.4 is 4.74 Å². The van der Waals surface area contributed by atoms with Gasteiger partial charge in [-0.15, -0.1) is 0 Å². The number of methoxy groups -OCH3 is 1. The first-order chi connectivity index (χ1) is 9.74. The third kappa shape index (κ3) is 2.24. The Labute approximate surface area is 144 Å². The van der Waals surface area contributed by atoms with Crippen molar-refractivity contribution < 1.29 is 4.74 Å². The smallest absolute Gasteiger partial charge is 0.497 e. The van der Waals surface area contributed by atoms with E-state index in [0.29, 0.717) is 5.41 Å². The minimum Gasteiger partial charge on any atom is -0.497 e. The Morgan fingerprint density at radius 3 is 2.90 bits per heavy atom. The van der Waals surface area contributed by atoms with Gasteiger partial charge in [0, 0.05) is 11.5 Å². The topological polar surface area (TPSA) is 12.5 Å². The van der Waals surface area contributed by atoms with Gasteiger partial charge in [-0.1, -0.05) is 18.9 Å². The zero-order valence-electron chi connectivity index (χ0n) is 13.4. The molecule has 21 heavy (non-hydrogen) atoms. The van der Waals surface area contributed by atoms with Gasteiger partial charge >= 0.3 is 23.1 Å². The van der Waals surface area contributed by atoms with Crippen LogP contribution in [0.4, 0.5) is 0 Å². The molecular weight excluding hydrogens is 271 g/mol. The van der Waals surface area contributed by atoms with E-state index in [1.54, 1.807) is 18.2 Å². The number of piperidine rings is 1. The fraction of sp³-hybridized carbons (Fsp3) is 0.667. The summed E-state index contributed by atoms with van der Waals surface area (Å²) in [5, 5.41) is 0. The van der Waals surface area contributed by atoms with Crippen LogP contribution in [0.5, 0.6) is 5.75 Å². The van der Waals surface area contributed by atoms with E-state index >= 15 is 0 Å². The maximum absolute atomic E-state index is 5.51. The van der Waals surface area contributed by atoms with Crippen molar-refractivity contribution in [3.8, 4) is 5.75 Å². The van der Waals surface area contributed by atoms with Gasteiger partial charge in [0.1, 0.15) is 5.75 Å². The summed E-state index contributed by atoms with van der Waals surface area (Å²) in [7, 11) is 4.12. The normalized spacial score (nSPS) is 34.4. The van der Waals surface area contributed by atoms with Crippen molar-refractivity contribution in [3.05, 3.63) is 29.3 Å². The van der Waals surface area contributed by atoms with Crippen molar-refractivity contribution in [2.24, 2.45) is 5.92 Å². The van der Waals surface area contributed by atoms with Gasteiger partial charge in [-0.2, -0.15) is 0 Å². The van der Waals surface area contributed by atoms with Crippen molar-refractivity contribution in [1.82, 2.24) is 4.90 Å². The molecule has 0 aromatic heterocycles. The molecule has 0 unspecified atom stereocenters. The van der Waals surface area contributed by atoms with Crippen LogP contribution in [0.25, 0.3) is 0 Å². The number of hydrogen-bond donors (Lipinski definition) is 0. The molecule has 0 spiro atoms. The molecule has 4 rings (SSSR count). The van der Waals surface area contributed by atoms with Crippen LogP contribution >= 0.6 is 0 Å². The van der Waals surface area contributed by atoms with Crippen molar-refractivity contribution >= 4 is 23.1 Å². The molecule has 3 aliphatic rings. The minimum atomic E-state index is 0. The van der Waals surface area contributed by atoms with Crippen LogP contribution in [0.15, 0.2) is 18.2 Å². The number of likely N-dealkylation sites (N-methyl/N-ethyl adjacent to an activating group) is 1. The molecule has 1 aliphatic heterocycles. The number of rotatable bonds is 1. The molecule has 3 atom stereocenters. The summed E-state index contributed by atoms with van der Waals surface area (Å²) in [4.78, 5) is 2.63. The van der Waals surface area contributed by atoms with Gasteiger partial charge in [-0.05, 0) is 68.5 Å². The maximum Gasteiger partial charge on any atom is 2.00 e. The molecule has 2 nitrogen and oxygen atoms in total. The third-order valence-electron chi connectivity index (χ3n) is 6.32. The number of ether oxygens (including phenoxy) is 1. The first-order valence-electron chi connectivity index (χ1n) is 8.12. The predicted molar refractivity (Wildman–Crippen MR) is 87.1 cm³/mol. The largest absolute Gasteiger partial charge is 2.00 e. The predicted octanol–water partition coefficient (Wildman–Crippen LogP) is 3.00. The monoisotopic (exact) mass is 295 g/mol. The van der Waals surface area contributed by atoms with E-state index in [2.05, 4.69) is 30.1 Å². The SMILES string of the molecule is COc1ccc2c(c1)[C@]13CCCC[C@@H]1[C@H](C2)N(C)CC3.[Mg+2]. The summed E-state index contributed by atoms with van der Waals surface area (Å²) in [5.74, 6) is 1.91. The molecule has 0 amide bonds. The second-order valence-electron chi connectivity index (χ2n) is 7.03. The number of likely N-dealkylation sites (tertiary alicyclic amines) is 1. The first-order valence-corrected chi connectivity index (χ1v) is 8.12. The van der Waals surface area contributed by atoms with Crippen LogP contribution in [-0.4, -0.2) is 54.7 Å². The molecule has 1 saturated heterocycles. The van der Waals surface area contributed by atoms with Gasteiger partial charge in [0.15, 0.2) is 0 Å². The summed E-state index contributed by atoms with van der Waals surface area (Å²) in [6.45, 7) is 1.26. The molecule has 1 aromatic rings. The van der Waals surface area contributed by atoms with Crippen LogP contribution in [-0.2, 0) is 11.8 Å². The average molecular weight is 296 g/mol. The maximum atomic E-state index is 5.51. The Hall–Kier alpha value is -0.254. The Morgan fingerprint density at radius 1 is 1.24 bits per heavy atom. The second kappa shape index (κ2) is 5.75. The van der Waals surface area contributed by atoms with E-state index in [4.69, 9.17) is 4.74 Å². The summed E-state index contributed by atoms with van der Waals surface area (Å²) >= 11 is 0. The zero-order valence-corrected chi connectivity index (χ0v) is 14.8. The molecule has 108 valence electrons. The molecule has 2 bridgehead atoms. The molecule has 0 N–H and O–H groups in total. The second-order valence-corrected chi connectivity index (χ2v) is 7.03. The van der Waals surface area contributed by atoms with Gasteiger partial charge in [-0.3, -0.25) is 0 Å². The van der Waals surface area contributed by atoms with Crippen LogP contribution in [0, 0.1) is 5.92 Å². The zero-order chi connectivity index (χ0) is 13.7. The number of fused-ring (bicyclic) bond motifs is 1. The molecule has 3 heteroatoms. The number of nitrogens with zero attached hydrogens (tertiary/aromatic N) is 1. The minimum absolute atomic E-state index is 0. The molecule has 2 aliphatic carbocycles. The summed E-state index contributed by atoms with van der Waals surface area (Å²) in [6.07, 6.45) is 8.22. The van der Waals surface area contributed by atoms with Crippen molar-refractivity contribution in [3.63, 3.8) is 0 Å². The van der Waals surface area contributed by atoms with Crippen molar-refractivity contribution in [2.75, 3.05) is 20.7 Å². The summed E-state index contributed by atoms with van der Waals surface area (Å²) in [5.41, 5.74) is 3.67. The third-order valence-corrected chi connectivity index (χ3v) is 6.32. The first kappa shape index (κ1) is 15.6. The molecular formula is C18H25MgNO+2. The Kier molecular flexibility index (Phi) is 4.28. The summed E-state index contributed by atoms with van der Waals surface area (Å²) < 4.78 is 5.51. The fourth-order valence-corrected chi connectivity index (χ4v) is 5.30. The average Bonchev–Trinajstić information content (AvgIpc) is 2.50. The Bertz CT molecular complexity index is 532. The van der Waals surface area contributed by atoms with Gasteiger partial charge in [0.2, 0.25) is 0 Å². The van der Waals surface area contributed by atoms with E-state index in [0.717, 1.165) is 17.7 Å². The van der Waals surface area contributed by atoms with Gasteiger partial charge in [0.05, 0.1) is 7.11 Å². The fourth-order valence-electron chi connectivity index (χ4n) is 5.30. The molecule has 1 heterocycles. The van der Waals surface area contributed by atoms with Gasteiger partial charge in [0.25, 0.3) is 0 Å². The number of hydrogen-bond acceptors (Lipinski definition) is 2. The van der Waals surface area contributed by atoms with E-state index in [1.165, 1.54) is 45.1 Å². The standard InChI is InChI=1S/C18H25NO.Mg/c1-19-10-9-18-8-4-3-5-15(18)17(19)11-13-6-7-14(20-2)12-16(13)18;/h6-7,12,15,17H,3-5,8-11H2,1-2H3;/q;+2/t15-,17+,18+;/m1./s1. The van der Waals surface area contributed by atoms with E-state index in [-0.39, 0.29) is 23.1 Å². The van der Waals surface area contributed by atoms with Crippen LogP contribution in [0.2, 0.25) is 0 Å². The van der Waals surface area contributed by atoms with Crippen molar-refractivity contribution in [2.45, 2.75) is 50.0 Å². The van der Waals surface area contributed by atoms with Gasteiger partial charge < -0.3 is 9.64 Å². The molecule has 0 radical (unpaired) electrons. The molecule has 1 aromatic carbocycles. The van der Waals surface area contributed by atoms with Gasteiger partial charge in [-0.25, -0.2) is 0 Å². The summed E-state index contributed by atoms with van der Waals surface area (Å²) in [6, 6.07) is 7.60. The van der Waals surface area contributed by atoms with Crippen LogP contribution in [0.3, 0.4) is 0 Å². The van der Waals surface area contributed by atoms with E-state index in [1.807, 2.05) is 0 Å². The van der Waals surface area contributed by atoms with Crippen molar-refractivity contribution in [1.29, 1.82) is 0 Å². The quantitative estimate of drug-likeness (QED) is 0.739. The number of benzene rings is 1. The van der Waals surface area contributed by atoms with E-state index in [9.17, 15) is 0 Å². The van der Waals surface area contributed by atoms with E-state index < -0.39 is 0 Å². The van der Waals surface area contributed by atoms with Crippen LogP contribution in [0.1, 0.15) is 43.2 Å². The Balaban J connectivity index is 0.00000132. The Morgan fingerprint density at radius 2 is 2.10 bits per heavy atom.